The summed E-state index contributed by atoms with van der Waals surface area (Å²) in [5, 5.41) is 13.1. The molecule has 0 amide bonds. The number of hydrogen-bond acceptors (Lipinski definition) is 5. The third kappa shape index (κ3) is 3.08. The molecular formula is C10H10N6S. The quantitative estimate of drug-likeness (QED) is 0.475. The van der Waals surface area contributed by atoms with Crippen molar-refractivity contribution in [2.75, 3.05) is 0 Å². The van der Waals surface area contributed by atoms with E-state index < -0.39 is 0 Å². The van der Waals surface area contributed by atoms with Crippen molar-refractivity contribution in [1.82, 2.24) is 9.59 Å². The molecule has 0 saturated heterocycles. The Labute approximate surface area is 102 Å². The third-order valence-electron chi connectivity index (χ3n) is 1.95. The lowest BCUT2D eigenvalue weighted by atomic mass is 10.1. The van der Waals surface area contributed by atoms with Crippen LogP contribution in [0.15, 0.2) is 39.8 Å². The van der Waals surface area contributed by atoms with Crippen LogP contribution in [0.5, 0.6) is 0 Å². The minimum Gasteiger partial charge on any atom is -0.369 e. The second kappa shape index (κ2) is 5.17. The Morgan fingerprint density at radius 1 is 1.24 bits per heavy atom. The summed E-state index contributed by atoms with van der Waals surface area (Å²) in [4.78, 5) is 0. The summed E-state index contributed by atoms with van der Waals surface area (Å²) in [6, 6.07) is 7.68. The number of aromatic nitrogens is 2. The van der Waals surface area contributed by atoms with Gasteiger partial charge in [0.05, 0.1) is 6.21 Å². The summed E-state index contributed by atoms with van der Waals surface area (Å²) in [6.45, 7) is 0. The highest BCUT2D eigenvalue weighted by molar-refractivity contribution is 7.03. The topological polar surface area (TPSA) is 103 Å². The van der Waals surface area contributed by atoms with Crippen LogP contribution >= 0.6 is 11.5 Å². The van der Waals surface area contributed by atoms with Crippen LogP contribution in [0.2, 0.25) is 0 Å². The van der Waals surface area contributed by atoms with Crippen LogP contribution in [0, 0.1) is 0 Å². The highest BCUT2D eigenvalue weighted by atomic mass is 32.1. The van der Waals surface area contributed by atoms with Crippen molar-refractivity contribution in [1.29, 1.82) is 0 Å². The van der Waals surface area contributed by atoms with E-state index in [1.54, 1.807) is 6.21 Å². The molecule has 0 aliphatic rings. The maximum absolute atomic E-state index is 5.14. The lowest BCUT2D eigenvalue weighted by molar-refractivity contribution is 1.16. The molecule has 0 saturated carbocycles. The van der Waals surface area contributed by atoms with E-state index in [0.29, 0.717) is 0 Å². The van der Waals surface area contributed by atoms with Crippen molar-refractivity contribution in [3.05, 3.63) is 35.2 Å². The summed E-state index contributed by atoms with van der Waals surface area (Å²) >= 11 is 1.32. The van der Waals surface area contributed by atoms with Crippen LogP contribution in [0.25, 0.3) is 11.3 Å². The Bertz CT molecular complexity index is 524. The molecule has 86 valence electrons. The van der Waals surface area contributed by atoms with E-state index in [2.05, 4.69) is 19.8 Å². The Balaban J connectivity index is 2.14. The van der Waals surface area contributed by atoms with Crippen molar-refractivity contribution in [2.24, 2.45) is 21.7 Å². The SMILES string of the molecule is NC(N)=NN=Cc1ccc(-c2csnn2)cc1. The number of guanidine groups is 1. The highest BCUT2D eigenvalue weighted by Crippen LogP contribution is 2.17. The van der Waals surface area contributed by atoms with Crippen LogP contribution in [0.1, 0.15) is 5.56 Å². The van der Waals surface area contributed by atoms with Gasteiger partial charge in [-0.1, -0.05) is 28.8 Å². The van der Waals surface area contributed by atoms with Gasteiger partial charge < -0.3 is 11.5 Å². The molecule has 0 atom stereocenters. The minimum absolute atomic E-state index is 0.0635. The van der Waals surface area contributed by atoms with Crippen molar-refractivity contribution in [2.45, 2.75) is 0 Å². The molecule has 0 bridgehead atoms. The van der Waals surface area contributed by atoms with Gasteiger partial charge in [-0.05, 0) is 17.1 Å². The van der Waals surface area contributed by atoms with E-state index >= 15 is 0 Å². The lowest BCUT2D eigenvalue weighted by Gasteiger charge is -1.96. The number of rotatable bonds is 3. The van der Waals surface area contributed by atoms with Gasteiger partial charge in [-0.25, -0.2) is 0 Å². The van der Waals surface area contributed by atoms with Gasteiger partial charge >= 0.3 is 0 Å². The van der Waals surface area contributed by atoms with Crippen molar-refractivity contribution < 1.29 is 0 Å². The Morgan fingerprint density at radius 2 is 2.00 bits per heavy atom. The second-order valence-corrected chi connectivity index (χ2v) is 3.79. The zero-order valence-corrected chi connectivity index (χ0v) is 9.63. The molecule has 0 fully saturated rings. The first kappa shape index (κ1) is 11.2. The lowest BCUT2D eigenvalue weighted by Crippen LogP contribution is -2.21. The van der Waals surface area contributed by atoms with Crippen molar-refractivity contribution >= 4 is 23.7 Å². The van der Waals surface area contributed by atoms with Crippen LogP contribution in [-0.4, -0.2) is 21.8 Å². The molecule has 1 aromatic heterocycles. The van der Waals surface area contributed by atoms with Gasteiger partial charge in [-0.3, -0.25) is 0 Å². The Kier molecular flexibility index (Phi) is 3.41. The molecule has 2 rings (SSSR count). The largest absolute Gasteiger partial charge is 0.369 e. The predicted molar refractivity (Wildman–Crippen MR) is 68.7 cm³/mol. The first-order chi connectivity index (χ1) is 8.25. The first-order valence-corrected chi connectivity index (χ1v) is 5.59. The molecule has 0 aliphatic heterocycles. The van der Waals surface area contributed by atoms with Crippen molar-refractivity contribution in [3.8, 4) is 11.3 Å². The Hall–Kier alpha value is -2.28. The molecule has 1 heterocycles. The van der Waals surface area contributed by atoms with E-state index in [1.165, 1.54) is 11.5 Å². The molecule has 0 radical (unpaired) electrons. The number of nitrogens with zero attached hydrogens (tertiary/aromatic N) is 4. The first-order valence-electron chi connectivity index (χ1n) is 4.75. The smallest absolute Gasteiger partial charge is 0.211 e. The van der Waals surface area contributed by atoms with Gasteiger partial charge in [0.15, 0.2) is 0 Å². The van der Waals surface area contributed by atoms with E-state index in [-0.39, 0.29) is 5.96 Å². The molecule has 4 N–H and O–H groups in total. The average Bonchev–Trinajstić information content (AvgIpc) is 2.83. The maximum atomic E-state index is 5.14. The molecule has 0 aliphatic carbocycles. The molecule has 2 aromatic rings. The van der Waals surface area contributed by atoms with Gasteiger partial charge in [0, 0.05) is 10.9 Å². The Morgan fingerprint density at radius 3 is 2.59 bits per heavy atom. The van der Waals surface area contributed by atoms with Crippen LogP contribution in [0.4, 0.5) is 0 Å². The fraction of sp³-hybridized carbons (Fsp3) is 0. The van der Waals surface area contributed by atoms with Gasteiger partial charge in [-0.15, -0.1) is 10.2 Å². The van der Waals surface area contributed by atoms with Gasteiger partial charge in [0.1, 0.15) is 5.69 Å². The van der Waals surface area contributed by atoms with Gasteiger partial charge in [0.25, 0.3) is 0 Å². The summed E-state index contributed by atoms with van der Waals surface area (Å²) in [5.41, 5.74) is 13.1. The fourth-order valence-corrected chi connectivity index (χ4v) is 1.66. The molecule has 1 aromatic carbocycles. The molecule has 6 nitrogen and oxygen atoms in total. The molecule has 7 heteroatoms. The summed E-state index contributed by atoms with van der Waals surface area (Å²) < 4.78 is 3.81. The highest BCUT2D eigenvalue weighted by Gasteiger charge is 1.99. The summed E-state index contributed by atoms with van der Waals surface area (Å²) in [5.74, 6) is -0.0635. The number of hydrogen-bond donors (Lipinski definition) is 2. The average molecular weight is 246 g/mol. The normalized spacial score (nSPS) is 10.6. The van der Waals surface area contributed by atoms with E-state index in [9.17, 15) is 0 Å². The zero-order valence-electron chi connectivity index (χ0n) is 8.82. The van der Waals surface area contributed by atoms with Gasteiger partial charge in [-0.2, -0.15) is 5.10 Å². The van der Waals surface area contributed by atoms with Crippen LogP contribution < -0.4 is 11.5 Å². The molecule has 0 unspecified atom stereocenters. The van der Waals surface area contributed by atoms with Gasteiger partial charge in [0.2, 0.25) is 5.96 Å². The summed E-state index contributed by atoms with van der Waals surface area (Å²) in [6.07, 6.45) is 1.57. The monoisotopic (exact) mass is 246 g/mol. The third-order valence-corrected chi connectivity index (χ3v) is 2.45. The van der Waals surface area contributed by atoms with Crippen LogP contribution in [-0.2, 0) is 0 Å². The van der Waals surface area contributed by atoms with Crippen molar-refractivity contribution in [3.63, 3.8) is 0 Å². The van der Waals surface area contributed by atoms with E-state index in [0.717, 1.165) is 16.8 Å². The standard InChI is InChI=1S/C10H10N6S/c11-10(12)15-13-5-7-1-3-8(4-2-7)9-6-17-16-14-9/h1-6H,(H4,11,12,15). The van der Waals surface area contributed by atoms with E-state index in [4.69, 9.17) is 11.5 Å². The molecular weight excluding hydrogens is 236 g/mol. The maximum Gasteiger partial charge on any atom is 0.211 e. The minimum atomic E-state index is -0.0635. The zero-order chi connectivity index (χ0) is 12.1. The second-order valence-electron chi connectivity index (χ2n) is 3.18. The fourth-order valence-electron chi connectivity index (χ4n) is 1.19. The molecule has 17 heavy (non-hydrogen) atoms. The van der Waals surface area contributed by atoms with Crippen LogP contribution in [0.3, 0.4) is 0 Å². The predicted octanol–water partition coefficient (Wildman–Crippen LogP) is 0.812. The number of nitrogens with two attached hydrogens (primary N) is 2. The molecule has 0 spiro atoms. The summed E-state index contributed by atoms with van der Waals surface area (Å²) in [7, 11) is 0. The number of benzene rings is 1. The van der Waals surface area contributed by atoms with E-state index in [1.807, 2.05) is 29.6 Å².